The number of piperazine rings is 1. The van der Waals surface area contributed by atoms with Crippen molar-refractivity contribution in [2.75, 3.05) is 26.2 Å². The van der Waals surface area contributed by atoms with Gasteiger partial charge >= 0.3 is 0 Å². The third-order valence-electron chi connectivity index (χ3n) is 3.54. The van der Waals surface area contributed by atoms with Crippen LogP contribution in [-0.2, 0) is 11.3 Å². The molecule has 18 heavy (non-hydrogen) atoms. The largest absolute Gasteiger partial charge is 0.340 e. The summed E-state index contributed by atoms with van der Waals surface area (Å²) in [6, 6.07) is 0. The van der Waals surface area contributed by atoms with Crippen LogP contribution in [0.1, 0.15) is 24.6 Å². The lowest BCUT2D eigenvalue weighted by atomic mass is 10.2. The normalized spacial score (nSPS) is 21.3. The highest BCUT2D eigenvalue weighted by Gasteiger charge is 2.34. The Morgan fingerprint density at radius 1 is 1.33 bits per heavy atom. The molecule has 0 atom stereocenters. The summed E-state index contributed by atoms with van der Waals surface area (Å²) in [7, 11) is 0. The lowest BCUT2D eigenvalue weighted by molar-refractivity contribution is -0.134. The number of aromatic nitrogens is 2. The van der Waals surface area contributed by atoms with Gasteiger partial charge in [-0.3, -0.25) is 9.69 Å². The number of hydrogen-bond acceptors (Lipinski definition) is 5. The number of carbonyl (C=O) groups is 1. The fourth-order valence-corrected chi connectivity index (χ4v) is 2.31. The van der Waals surface area contributed by atoms with E-state index in [1.165, 1.54) is 0 Å². The van der Waals surface area contributed by atoms with Crippen LogP contribution in [0.5, 0.6) is 0 Å². The molecular formula is C12H18N4O2. The van der Waals surface area contributed by atoms with Crippen molar-refractivity contribution in [2.24, 2.45) is 5.92 Å². The lowest BCUT2D eigenvalue weighted by Gasteiger charge is -2.34. The average Bonchev–Trinajstić information content (AvgIpc) is 3.14. The van der Waals surface area contributed by atoms with Crippen molar-refractivity contribution in [1.29, 1.82) is 0 Å². The molecule has 6 nitrogen and oxygen atoms in total. The molecule has 1 aromatic rings. The number of aryl methyl sites for hydroxylation is 1. The first-order valence-corrected chi connectivity index (χ1v) is 6.53. The highest BCUT2D eigenvalue weighted by molar-refractivity contribution is 5.81. The number of carbonyl (C=O) groups excluding carboxylic acids is 1. The van der Waals surface area contributed by atoms with Crippen molar-refractivity contribution in [3.05, 3.63) is 11.7 Å². The van der Waals surface area contributed by atoms with Crippen LogP contribution in [0.25, 0.3) is 0 Å². The maximum atomic E-state index is 11.9. The topological polar surface area (TPSA) is 62.5 Å². The predicted octanol–water partition coefficient (Wildman–Crippen LogP) is 0.432. The van der Waals surface area contributed by atoms with Gasteiger partial charge in [0, 0.05) is 32.1 Å². The van der Waals surface area contributed by atoms with Crippen molar-refractivity contribution < 1.29 is 9.32 Å². The third-order valence-corrected chi connectivity index (χ3v) is 3.54. The fraction of sp³-hybridized carbons (Fsp3) is 0.750. The molecule has 1 saturated carbocycles. The van der Waals surface area contributed by atoms with E-state index < -0.39 is 0 Å². The summed E-state index contributed by atoms with van der Waals surface area (Å²) in [4.78, 5) is 20.3. The van der Waals surface area contributed by atoms with Gasteiger partial charge in [-0.1, -0.05) is 5.16 Å². The standard InChI is InChI=1S/C12H18N4O2/c1-9-13-11(18-14-9)8-15-4-6-16(7-5-15)12(17)10-2-3-10/h10H,2-8H2,1H3. The van der Waals surface area contributed by atoms with Crippen LogP contribution >= 0.6 is 0 Å². The van der Waals surface area contributed by atoms with Gasteiger partial charge in [-0.2, -0.15) is 4.98 Å². The molecule has 0 radical (unpaired) electrons. The third kappa shape index (κ3) is 2.53. The Bertz CT molecular complexity index is 433. The Kier molecular flexibility index (Phi) is 3.03. The first-order valence-electron chi connectivity index (χ1n) is 6.53. The highest BCUT2D eigenvalue weighted by atomic mass is 16.5. The summed E-state index contributed by atoms with van der Waals surface area (Å²) in [6.45, 7) is 5.93. The van der Waals surface area contributed by atoms with Crippen molar-refractivity contribution >= 4 is 5.91 Å². The average molecular weight is 250 g/mol. The van der Waals surface area contributed by atoms with Gasteiger partial charge in [0.25, 0.3) is 0 Å². The van der Waals surface area contributed by atoms with E-state index in [9.17, 15) is 4.79 Å². The number of nitrogens with zero attached hydrogens (tertiary/aromatic N) is 4. The van der Waals surface area contributed by atoms with Crippen LogP contribution < -0.4 is 0 Å². The second-order valence-electron chi connectivity index (χ2n) is 5.11. The molecule has 2 fully saturated rings. The summed E-state index contributed by atoms with van der Waals surface area (Å²) in [6.07, 6.45) is 2.17. The molecule has 3 rings (SSSR count). The van der Waals surface area contributed by atoms with Crippen LogP contribution in [0.3, 0.4) is 0 Å². The Hall–Kier alpha value is -1.43. The molecule has 0 spiro atoms. The zero-order chi connectivity index (χ0) is 12.5. The molecular weight excluding hydrogens is 232 g/mol. The minimum atomic E-state index is 0.329. The molecule has 0 N–H and O–H groups in total. The van der Waals surface area contributed by atoms with Gasteiger partial charge in [0.2, 0.25) is 11.8 Å². The minimum Gasteiger partial charge on any atom is -0.340 e. The van der Waals surface area contributed by atoms with E-state index in [4.69, 9.17) is 4.52 Å². The van der Waals surface area contributed by atoms with Crippen molar-refractivity contribution in [3.8, 4) is 0 Å². The lowest BCUT2D eigenvalue weighted by Crippen LogP contribution is -2.48. The fourth-order valence-electron chi connectivity index (χ4n) is 2.31. The van der Waals surface area contributed by atoms with E-state index in [0.717, 1.165) is 39.0 Å². The summed E-state index contributed by atoms with van der Waals surface area (Å²) in [5.74, 6) is 2.01. The van der Waals surface area contributed by atoms with E-state index in [2.05, 4.69) is 15.0 Å². The van der Waals surface area contributed by atoms with Crippen LogP contribution in [0, 0.1) is 12.8 Å². The first kappa shape index (κ1) is 11.6. The summed E-state index contributed by atoms with van der Waals surface area (Å²) < 4.78 is 5.11. The smallest absolute Gasteiger partial charge is 0.240 e. The zero-order valence-corrected chi connectivity index (χ0v) is 10.6. The summed E-state index contributed by atoms with van der Waals surface area (Å²) in [5, 5.41) is 3.78. The maximum absolute atomic E-state index is 11.9. The van der Waals surface area contributed by atoms with E-state index in [0.29, 0.717) is 30.1 Å². The molecule has 2 aliphatic rings. The Morgan fingerprint density at radius 2 is 2.06 bits per heavy atom. The van der Waals surface area contributed by atoms with E-state index in [-0.39, 0.29) is 0 Å². The summed E-state index contributed by atoms with van der Waals surface area (Å²) in [5.41, 5.74) is 0. The quantitative estimate of drug-likeness (QED) is 0.778. The van der Waals surface area contributed by atoms with Crippen LogP contribution in [0.2, 0.25) is 0 Å². The highest BCUT2D eigenvalue weighted by Crippen LogP contribution is 2.31. The monoisotopic (exact) mass is 250 g/mol. The predicted molar refractivity (Wildman–Crippen MR) is 63.6 cm³/mol. The zero-order valence-electron chi connectivity index (χ0n) is 10.6. The SMILES string of the molecule is Cc1noc(CN2CCN(C(=O)C3CC3)CC2)n1. The Balaban J connectivity index is 1.49. The molecule has 1 aliphatic carbocycles. The molecule has 6 heteroatoms. The number of amides is 1. The van der Waals surface area contributed by atoms with Gasteiger partial charge in [0.15, 0.2) is 5.82 Å². The van der Waals surface area contributed by atoms with Gasteiger partial charge in [-0.15, -0.1) is 0 Å². The van der Waals surface area contributed by atoms with Gasteiger partial charge in [0.1, 0.15) is 0 Å². The second-order valence-corrected chi connectivity index (χ2v) is 5.11. The minimum absolute atomic E-state index is 0.329. The van der Waals surface area contributed by atoms with Crippen LogP contribution in [0.15, 0.2) is 4.52 Å². The van der Waals surface area contributed by atoms with Gasteiger partial charge in [-0.05, 0) is 19.8 Å². The van der Waals surface area contributed by atoms with Gasteiger partial charge < -0.3 is 9.42 Å². The molecule has 1 amide bonds. The first-order chi connectivity index (χ1) is 8.72. The van der Waals surface area contributed by atoms with Gasteiger partial charge in [-0.25, -0.2) is 0 Å². The van der Waals surface area contributed by atoms with Crippen molar-refractivity contribution in [2.45, 2.75) is 26.3 Å². The molecule has 1 aliphatic heterocycles. The molecule has 1 saturated heterocycles. The van der Waals surface area contributed by atoms with Crippen LogP contribution in [0.4, 0.5) is 0 Å². The van der Waals surface area contributed by atoms with Crippen molar-refractivity contribution in [3.63, 3.8) is 0 Å². The molecule has 2 heterocycles. The Labute approximate surface area is 106 Å². The maximum Gasteiger partial charge on any atom is 0.240 e. The summed E-state index contributed by atoms with van der Waals surface area (Å²) >= 11 is 0. The second kappa shape index (κ2) is 4.68. The molecule has 98 valence electrons. The Morgan fingerprint density at radius 3 is 2.61 bits per heavy atom. The van der Waals surface area contributed by atoms with E-state index in [1.54, 1.807) is 0 Å². The molecule has 0 bridgehead atoms. The van der Waals surface area contributed by atoms with Crippen LogP contribution in [-0.4, -0.2) is 52.0 Å². The van der Waals surface area contributed by atoms with E-state index in [1.807, 2.05) is 11.8 Å². The number of hydrogen-bond donors (Lipinski definition) is 0. The van der Waals surface area contributed by atoms with E-state index >= 15 is 0 Å². The molecule has 0 aromatic carbocycles. The van der Waals surface area contributed by atoms with Crippen molar-refractivity contribution in [1.82, 2.24) is 19.9 Å². The molecule has 1 aromatic heterocycles. The number of rotatable bonds is 3. The van der Waals surface area contributed by atoms with Gasteiger partial charge in [0.05, 0.1) is 6.54 Å². The molecule has 0 unspecified atom stereocenters.